The lowest BCUT2D eigenvalue weighted by molar-refractivity contribution is -0.143. The van der Waals surface area contributed by atoms with Crippen molar-refractivity contribution in [2.75, 3.05) is 37.8 Å². The van der Waals surface area contributed by atoms with Gasteiger partial charge in [0.2, 0.25) is 0 Å². The Morgan fingerprint density at radius 1 is 1.14 bits per heavy atom. The molecule has 0 radical (unpaired) electrons. The molecule has 1 saturated heterocycles. The van der Waals surface area contributed by atoms with Gasteiger partial charge in [-0.2, -0.15) is 0 Å². The van der Waals surface area contributed by atoms with Crippen LogP contribution >= 0.6 is 0 Å². The fourth-order valence-corrected chi connectivity index (χ4v) is 2.27. The van der Waals surface area contributed by atoms with Crippen LogP contribution in [0.15, 0.2) is 24.3 Å². The molecule has 5 heteroatoms. The number of ether oxygens (including phenoxy) is 2. The molecule has 1 aromatic rings. The minimum atomic E-state index is -0.323. The summed E-state index contributed by atoms with van der Waals surface area (Å²) in [6.45, 7) is 5.32. The van der Waals surface area contributed by atoms with Gasteiger partial charge in [-0.15, -0.1) is 0 Å². The molecule has 0 atom stereocenters. The number of carbonyl (C=O) groups is 2. The predicted molar refractivity (Wildman–Crippen MR) is 79.7 cm³/mol. The zero-order valence-electron chi connectivity index (χ0n) is 12.3. The number of anilines is 1. The summed E-state index contributed by atoms with van der Waals surface area (Å²) in [5, 5.41) is 0. The third-order valence-electron chi connectivity index (χ3n) is 3.43. The number of Topliss-reactive ketones (excluding diaryl/α,β-unsaturated/α-hetero) is 1. The van der Waals surface area contributed by atoms with Gasteiger partial charge in [-0.3, -0.25) is 9.59 Å². The van der Waals surface area contributed by atoms with Crippen LogP contribution in [0.5, 0.6) is 0 Å². The second-order valence-corrected chi connectivity index (χ2v) is 4.87. The van der Waals surface area contributed by atoms with Crippen LogP contribution in [0.3, 0.4) is 0 Å². The molecule has 114 valence electrons. The normalized spacial score (nSPS) is 14.8. The number of benzene rings is 1. The first kappa shape index (κ1) is 15.5. The molecule has 1 aliphatic rings. The molecule has 0 spiro atoms. The number of hydrogen-bond donors (Lipinski definition) is 0. The maximum absolute atomic E-state index is 12.0. The van der Waals surface area contributed by atoms with Crippen LogP contribution in [-0.4, -0.2) is 44.7 Å². The Morgan fingerprint density at radius 3 is 2.43 bits per heavy atom. The number of carbonyl (C=O) groups excluding carboxylic acids is 2. The van der Waals surface area contributed by atoms with Crippen LogP contribution in [0.4, 0.5) is 5.69 Å². The van der Waals surface area contributed by atoms with Crippen molar-refractivity contribution >= 4 is 17.4 Å². The molecule has 1 aliphatic heterocycles. The van der Waals surface area contributed by atoms with Gasteiger partial charge in [0.05, 0.1) is 26.2 Å². The van der Waals surface area contributed by atoms with E-state index in [9.17, 15) is 9.59 Å². The zero-order chi connectivity index (χ0) is 15.1. The van der Waals surface area contributed by atoms with Crippen LogP contribution in [0.2, 0.25) is 0 Å². The Balaban J connectivity index is 1.88. The predicted octanol–water partition coefficient (Wildman–Crippen LogP) is 2.05. The molecule has 5 nitrogen and oxygen atoms in total. The molecule has 0 aliphatic carbocycles. The van der Waals surface area contributed by atoms with E-state index < -0.39 is 0 Å². The average molecular weight is 291 g/mol. The standard InChI is InChI=1S/C16H21NO4/c1-2-21-16(19)8-7-15(18)13-3-5-14(6-4-13)17-9-11-20-12-10-17/h3-6H,2,7-12H2,1H3. The Hall–Kier alpha value is -1.88. The third-order valence-corrected chi connectivity index (χ3v) is 3.43. The molecule has 0 unspecified atom stereocenters. The number of esters is 1. The minimum Gasteiger partial charge on any atom is -0.466 e. The highest BCUT2D eigenvalue weighted by atomic mass is 16.5. The van der Waals surface area contributed by atoms with Crippen LogP contribution in [0.1, 0.15) is 30.1 Å². The van der Waals surface area contributed by atoms with E-state index in [0.717, 1.165) is 32.0 Å². The van der Waals surface area contributed by atoms with Crippen LogP contribution in [0, 0.1) is 0 Å². The van der Waals surface area contributed by atoms with Gasteiger partial charge < -0.3 is 14.4 Å². The molecule has 21 heavy (non-hydrogen) atoms. The second-order valence-electron chi connectivity index (χ2n) is 4.87. The van der Waals surface area contributed by atoms with Gasteiger partial charge in [-0.05, 0) is 31.2 Å². The second kappa shape index (κ2) is 7.78. The first-order valence-electron chi connectivity index (χ1n) is 7.32. The van der Waals surface area contributed by atoms with Crippen molar-refractivity contribution < 1.29 is 19.1 Å². The Labute approximate surface area is 124 Å². The first-order valence-corrected chi connectivity index (χ1v) is 7.32. The lowest BCUT2D eigenvalue weighted by Gasteiger charge is -2.28. The van der Waals surface area contributed by atoms with Crippen molar-refractivity contribution in [2.24, 2.45) is 0 Å². The molecule has 0 saturated carbocycles. The van der Waals surface area contributed by atoms with Crippen LogP contribution in [0.25, 0.3) is 0 Å². The Kier molecular flexibility index (Phi) is 5.75. The summed E-state index contributed by atoms with van der Waals surface area (Å²) in [7, 11) is 0. The molecular formula is C16H21NO4. The van der Waals surface area contributed by atoms with Crippen molar-refractivity contribution in [3.63, 3.8) is 0 Å². The third kappa shape index (κ3) is 4.56. The van der Waals surface area contributed by atoms with Gasteiger partial charge >= 0.3 is 5.97 Å². The van der Waals surface area contributed by atoms with Gasteiger partial charge in [0.1, 0.15) is 0 Å². The lowest BCUT2D eigenvalue weighted by Crippen LogP contribution is -2.36. The van der Waals surface area contributed by atoms with Crippen molar-refractivity contribution in [3.05, 3.63) is 29.8 Å². The molecule has 1 heterocycles. The molecule has 1 fully saturated rings. The van der Waals surface area contributed by atoms with Gasteiger partial charge in [0.15, 0.2) is 5.78 Å². The van der Waals surface area contributed by atoms with Crippen molar-refractivity contribution in [2.45, 2.75) is 19.8 Å². The molecule has 0 N–H and O–H groups in total. The number of morpholine rings is 1. The quantitative estimate of drug-likeness (QED) is 0.593. The number of ketones is 1. The molecule has 2 rings (SSSR count). The fourth-order valence-electron chi connectivity index (χ4n) is 2.27. The molecule has 0 amide bonds. The molecular weight excluding hydrogens is 270 g/mol. The highest BCUT2D eigenvalue weighted by Crippen LogP contribution is 2.17. The van der Waals surface area contributed by atoms with Gasteiger partial charge in [0.25, 0.3) is 0 Å². The molecule has 1 aromatic carbocycles. The van der Waals surface area contributed by atoms with Gasteiger partial charge in [-0.1, -0.05) is 0 Å². The fraction of sp³-hybridized carbons (Fsp3) is 0.500. The van der Waals surface area contributed by atoms with Crippen molar-refractivity contribution in [1.29, 1.82) is 0 Å². The smallest absolute Gasteiger partial charge is 0.306 e. The SMILES string of the molecule is CCOC(=O)CCC(=O)c1ccc(N2CCOCC2)cc1. The highest BCUT2D eigenvalue weighted by molar-refractivity contribution is 5.97. The summed E-state index contributed by atoms with van der Waals surface area (Å²) < 4.78 is 10.1. The summed E-state index contributed by atoms with van der Waals surface area (Å²) in [6.07, 6.45) is 0.327. The largest absolute Gasteiger partial charge is 0.466 e. The molecule has 0 aromatic heterocycles. The Bertz CT molecular complexity index is 478. The molecule has 0 bridgehead atoms. The monoisotopic (exact) mass is 291 g/mol. The highest BCUT2D eigenvalue weighted by Gasteiger charge is 2.13. The van der Waals surface area contributed by atoms with Crippen molar-refractivity contribution in [3.8, 4) is 0 Å². The van der Waals surface area contributed by atoms with Gasteiger partial charge in [0, 0.05) is 30.8 Å². The van der Waals surface area contributed by atoms with E-state index in [1.165, 1.54) is 0 Å². The van der Waals surface area contributed by atoms with E-state index in [-0.39, 0.29) is 24.6 Å². The maximum atomic E-state index is 12.0. The summed E-state index contributed by atoms with van der Waals surface area (Å²) in [4.78, 5) is 25.5. The van der Waals surface area contributed by atoms with E-state index in [2.05, 4.69) is 4.90 Å². The van der Waals surface area contributed by atoms with E-state index in [1.54, 1.807) is 6.92 Å². The summed E-state index contributed by atoms with van der Waals surface area (Å²) in [5.74, 6) is -0.354. The first-order chi connectivity index (χ1) is 10.2. The average Bonchev–Trinajstić information content (AvgIpc) is 2.54. The number of hydrogen-bond acceptors (Lipinski definition) is 5. The van der Waals surface area contributed by atoms with E-state index in [4.69, 9.17) is 9.47 Å². The van der Waals surface area contributed by atoms with E-state index in [1.807, 2.05) is 24.3 Å². The van der Waals surface area contributed by atoms with Crippen LogP contribution in [-0.2, 0) is 14.3 Å². The van der Waals surface area contributed by atoms with Gasteiger partial charge in [-0.25, -0.2) is 0 Å². The lowest BCUT2D eigenvalue weighted by atomic mass is 10.1. The van der Waals surface area contributed by atoms with Crippen molar-refractivity contribution in [1.82, 2.24) is 0 Å². The minimum absolute atomic E-state index is 0.0309. The topological polar surface area (TPSA) is 55.8 Å². The maximum Gasteiger partial charge on any atom is 0.306 e. The number of rotatable bonds is 6. The van der Waals surface area contributed by atoms with E-state index in [0.29, 0.717) is 12.2 Å². The zero-order valence-corrected chi connectivity index (χ0v) is 12.3. The summed E-state index contributed by atoms with van der Waals surface area (Å²) in [6, 6.07) is 7.53. The van der Waals surface area contributed by atoms with E-state index >= 15 is 0 Å². The number of nitrogens with zero attached hydrogens (tertiary/aromatic N) is 1. The summed E-state index contributed by atoms with van der Waals surface area (Å²) in [5.41, 5.74) is 1.73. The van der Waals surface area contributed by atoms with Crippen LogP contribution < -0.4 is 4.90 Å². The Morgan fingerprint density at radius 2 is 1.81 bits per heavy atom. The summed E-state index contributed by atoms with van der Waals surface area (Å²) >= 11 is 0.